The maximum atomic E-state index is 12.2. The molecule has 1 saturated heterocycles. The molecule has 1 atom stereocenters. The van der Waals surface area contributed by atoms with Gasteiger partial charge in [0, 0.05) is 24.8 Å². The van der Waals surface area contributed by atoms with Crippen LogP contribution in [0.5, 0.6) is 11.5 Å². The van der Waals surface area contributed by atoms with Crippen molar-refractivity contribution in [3.8, 4) is 11.5 Å². The van der Waals surface area contributed by atoms with Crippen LogP contribution in [0.4, 0.5) is 5.69 Å². The Labute approximate surface area is 111 Å². The van der Waals surface area contributed by atoms with Gasteiger partial charge in [0.25, 0.3) is 5.91 Å². The lowest BCUT2D eigenvalue weighted by atomic mass is 10.2. The van der Waals surface area contributed by atoms with Gasteiger partial charge in [0.15, 0.2) is 11.5 Å². The lowest BCUT2D eigenvalue weighted by Crippen LogP contribution is -2.50. The van der Waals surface area contributed by atoms with Crippen molar-refractivity contribution in [1.82, 2.24) is 0 Å². The van der Waals surface area contributed by atoms with E-state index in [2.05, 4.69) is 0 Å². The molecule has 0 aromatic heterocycles. The second-order valence-corrected chi connectivity index (χ2v) is 4.41. The number of ether oxygens (including phenoxy) is 3. The van der Waals surface area contributed by atoms with Gasteiger partial charge in [-0.2, -0.15) is 0 Å². The molecule has 2 heterocycles. The fraction of sp³-hybridized carbons (Fsp3) is 0.462. The minimum absolute atomic E-state index is 0.106. The molecule has 0 spiro atoms. The van der Waals surface area contributed by atoms with Crippen molar-refractivity contribution < 1.29 is 19.0 Å². The first-order chi connectivity index (χ1) is 9.29. The third-order valence-corrected chi connectivity index (χ3v) is 3.23. The van der Waals surface area contributed by atoms with Crippen LogP contribution in [0.1, 0.15) is 0 Å². The monoisotopic (exact) mass is 264 g/mol. The van der Waals surface area contributed by atoms with E-state index in [1.165, 1.54) is 0 Å². The maximum absolute atomic E-state index is 12.2. The van der Waals surface area contributed by atoms with Crippen LogP contribution in [0, 0.1) is 0 Å². The van der Waals surface area contributed by atoms with E-state index in [1.807, 2.05) is 18.2 Å². The first kappa shape index (κ1) is 12.3. The lowest BCUT2D eigenvalue weighted by molar-refractivity contribution is -0.133. The van der Waals surface area contributed by atoms with Gasteiger partial charge in [-0.15, -0.1) is 0 Å². The Hall–Kier alpha value is -1.79. The van der Waals surface area contributed by atoms with Crippen LogP contribution < -0.4 is 20.1 Å². The molecule has 6 heteroatoms. The molecule has 0 radical (unpaired) electrons. The van der Waals surface area contributed by atoms with Crippen molar-refractivity contribution in [2.75, 3.05) is 37.8 Å². The molecule has 1 aromatic carbocycles. The predicted octanol–water partition coefficient (Wildman–Crippen LogP) is 0.148. The summed E-state index contributed by atoms with van der Waals surface area (Å²) in [7, 11) is 0. The Morgan fingerprint density at radius 3 is 2.79 bits per heavy atom. The Balaban J connectivity index is 1.87. The summed E-state index contributed by atoms with van der Waals surface area (Å²) in [5, 5.41) is 0. The molecule has 0 saturated carbocycles. The molecule has 0 bridgehead atoms. The van der Waals surface area contributed by atoms with E-state index >= 15 is 0 Å². The van der Waals surface area contributed by atoms with Crippen LogP contribution in [-0.4, -0.2) is 44.9 Å². The van der Waals surface area contributed by atoms with Gasteiger partial charge >= 0.3 is 0 Å². The van der Waals surface area contributed by atoms with Crippen LogP contribution in [-0.2, 0) is 9.53 Å². The highest BCUT2D eigenvalue weighted by molar-refractivity contribution is 5.97. The number of carbonyl (C=O) groups is 1. The zero-order valence-corrected chi connectivity index (χ0v) is 10.5. The van der Waals surface area contributed by atoms with Crippen molar-refractivity contribution >= 4 is 11.6 Å². The molecule has 1 fully saturated rings. The van der Waals surface area contributed by atoms with Gasteiger partial charge in [-0.25, -0.2) is 0 Å². The number of amides is 1. The third-order valence-electron chi connectivity index (χ3n) is 3.23. The Morgan fingerprint density at radius 1 is 1.21 bits per heavy atom. The molecule has 2 N–H and O–H groups in total. The van der Waals surface area contributed by atoms with Crippen LogP contribution in [0.15, 0.2) is 18.2 Å². The largest absolute Gasteiger partial charge is 0.486 e. The normalized spacial score (nSPS) is 22.5. The number of anilines is 1. The summed E-state index contributed by atoms with van der Waals surface area (Å²) in [6, 6.07) is 5.50. The number of benzene rings is 1. The summed E-state index contributed by atoms with van der Waals surface area (Å²) in [6.45, 7) is 2.29. The lowest BCUT2D eigenvalue weighted by Gasteiger charge is -2.32. The summed E-state index contributed by atoms with van der Waals surface area (Å²) in [5.41, 5.74) is 6.32. The number of rotatable bonds is 2. The molecular formula is C13H16N2O4. The highest BCUT2D eigenvalue weighted by atomic mass is 16.6. The molecule has 1 amide bonds. The number of nitrogens with two attached hydrogens (primary N) is 1. The second-order valence-electron chi connectivity index (χ2n) is 4.41. The van der Waals surface area contributed by atoms with E-state index in [0.717, 1.165) is 5.69 Å². The SMILES string of the molecule is NCC1OCCN(c2ccc3c(c2)OCCO3)C1=O. The fourth-order valence-electron chi connectivity index (χ4n) is 2.27. The zero-order chi connectivity index (χ0) is 13.2. The van der Waals surface area contributed by atoms with E-state index in [4.69, 9.17) is 19.9 Å². The number of hydrogen-bond donors (Lipinski definition) is 1. The average molecular weight is 264 g/mol. The van der Waals surface area contributed by atoms with Gasteiger partial charge < -0.3 is 24.8 Å². The van der Waals surface area contributed by atoms with Gasteiger partial charge in [0.1, 0.15) is 19.3 Å². The molecule has 102 valence electrons. The molecule has 0 aliphatic carbocycles. The Bertz CT molecular complexity index is 492. The Kier molecular flexibility index (Phi) is 3.27. The molecular weight excluding hydrogens is 248 g/mol. The smallest absolute Gasteiger partial charge is 0.257 e. The number of morpholine rings is 1. The van der Waals surface area contributed by atoms with Gasteiger partial charge in [-0.1, -0.05) is 0 Å². The van der Waals surface area contributed by atoms with Crippen molar-refractivity contribution in [3.05, 3.63) is 18.2 Å². The highest BCUT2D eigenvalue weighted by Crippen LogP contribution is 2.34. The number of hydrogen-bond acceptors (Lipinski definition) is 5. The highest BCUT2D eigenvalue weighted by Gasteiger charge is 2.30. The molecule has 6 nitrogen and oxygen atoms in total. The maximum Gasteiger partial charge on any atom is 0.257 e. The van der Waals surface area contributed by atoms with E-state index in [0.29, 0.717) is 37.9 Å². The van der Waals surface area contributed by atoms with Gasteiger partial charge in [-0.3, -0.25) is 4.79 Å². The van der Waals surface area contributed by atoms with E-state index in [1.54, 1.807) is 4.90 Å². The first-order valence-corrected chi connectivity index (χ1v) is 6.32. The zero-order valence-electron chi connectivity index (χ0n) is 10.5. The minimum atomic E-state index is -0.554. The summed E-state index contributed by atoms with van der Waals surface area (Å²) in [5.74, 6) is 1.28. The second kappa shape index (κ2) is 5.07. The third kappa shape index (κ3) is 2.24. The predicted molar refractivity (Wildman–Crippen MR) is 68.6 cm³/mol. The van der Waals surface area contributed by atoms with Crippen molar-refractivity contribution in [1.29, 1.82) is 0 Å². The number of fused-ring (bicyclic) bond motifs is 1. The summed E-state index contributed by atoms with van der Waals surface area (Å²) >= 11 is 0. The topological polar surface area (TPSA) is 74.0 Å². The van der Waals surface area contributed by atoms with Crippen molar-refractivity contribution in [2.24, 2.45) is 5.73 Å². The molecule has 19 heavy (non-hydrogen) atoms. The van der Waals surface area contributed by atoms with E-state index in [-0.39, 0.29) is 12.5 Å². The van der Waals surface area contributed by atoms with Crippen molar-refractivity contribution in [3.63, 3.8) is 0 Å². The van der Waals surface area contributed by atoms with Gasteiger partial charge in [-0.05, 0) is 12.1 Å². The van der Waals surface area contributed by atoms with E-state index in [9.17, 15) is 4.79 Å². The van der Waals surface area contributed by atoms with Crippen LogP contribution in [0.25, 0.3) is 0 Å². The Morgan fingerprint density at radius 2 is 2.00 bits per heavy atom. The molecule has 2 aliphatic heterocycles. The van der Waals surface area contributed by atoms with Gasteiger partial charge in [0.2, 0.25) is 0 Å². The average Bonchev–Trinajstić information content (AvgIpc) is 2.47. The summed E-state index contributed by atoms with van der Waals surface area (Å²) in [4.78, 5) is 13.9. The fourth-order valence-corrected chi connectivity index (χ4v) is 2.27. The summed E-state index contributed by atoms with van der Waals surface area (Å²) < 4.78 is 16.3. The number of nitrogens with zero attached hydrogens (tertiary/aromatic N) is 1. The minimum Gasteiger partial charge on any atom is -0.486 e. The first-order valence-electron chi connectivity index (χ1n) is 6.32. The van der Waals surface area contributed by atoms with E-state index < -0.39 is 6.10 Å². The van der Waals surface area contributed by atoms with Gasteiger partial charge in [0.05, 0.1) is 6.61 Å². The van der Waals surface area contributed by atoms with Crippen molar-refractivity contribution in [2.45, 2.75) is 6.10 Å². The standard InChI is InChI=1S/C13H16N2O4/c14-8-12-13(16)15(3-4-17-12)9-1-2-10-11(7-9)19-6-5-18-10/h1-2,7,12H,3-6,8,14H2. The molecule has 3 rings (SSSR count). The molecule has 1 aromatic rings. The van der Waals surface area contributed by atoms with Crippen LogP contribution >= 0.6 is 0 Å². The molecule has 2 aliphatic rings. The van der Waals surface area contributed by atoms with Crippen LogP contribution in [0.2, 0.25) is 0 Å². The molecule has 1 unspecified atom stereocenters. The number of carbonyl (C=O) groups excluding carboxylic acids is 1. The van der Waals surface area contributed by atoms with Crippen LogP contribution in [0.3, 0.4) is 0 Å². The quantitative estimate of drug-likeness (QED) is 0.823. The summed E-state index contributed by atoms with van der Waals surface area (Å²) in [6.07, 6.45) is -0.554.